The summed E-state index contributed by atoms with van der Waals surface area (Å²) < 4.78 is 16.1. The average molecular weight is 385 g/mol. The number of nitrogens with zero attached hydrogens (tertiary/aromatic N) is 1. The fourth-order valence-corrected chi connectivity index (χ4v) is 2.72. The monoisotopic (exact) mass is 385 g/mol. The third kappa shape index (κ3) is 4.82. The van der Waals surface area contributed by atoms with Crippen molar-refractivity contribution >= 4 is 11.9 Å². The molecular weight excluding hydrogens is 362 g/mol. The summed E-state index contributed by atoms with van der Waals surface area (Å²) in [6.07, 6.45) is 0. The molecule has 0 radical (unpaired) electrons. The number of esters is 1. The maximum absolute atomic E-state index is 12.8. The van der Waals surface area contributed by atoms with Gasteiger partial charge in [-0.15, -0.1) is 0 Å². The number of allylic oxidation sites excluding steroid dienone is 2. The van der Waals surface area contributed by atoms with Crippen molar-refractivity contribution in [1.29, 1.82) is 5.26 Å². The summed E-state index contributed by atoms with van der Waals surface area (Å²) >= 11 is 0. The van der Waals surface area contributed by atoms with E-state index >= 15 is 0 Å². The van der Waals surface area contributed by atoms with Crippen LogP contribution in [0.2, 0.25) is 0 Å². The molecule has 1 heterocycles. The smallest absolute Gasteiger partial charge is 0.338 e. The van der Waals surface area contributed by atoms with Crippen LogP contribution in [0.4, 0.5) is 0 Å². The number of rotatable bonds is 5. The zero-order chi connectivity index (χ0) is 21.1. The second-order valence-electron chi connectivity index (χ2n) is 7.22. The molecule has 8 heteroatoms. The van der Waals surface area contributed by atoms with Gasteiger partial charge in [0.1, 0.15) is 28.8 Å². The van der Waals surface area contributed by atoms with Gasteiger partial charge < -0.3 is 25.7 Å². The van der Waals surface area contributed by atoms with Gasteiger partial charge in [0, 0.05) is 0 Å². The SMILES string of the molecule is CC1=C(C(=O)OC(C)(C)C)C(c2ccc(OCC(N)=O)cc2)C(C#N)=C(N)O1. The number of nitriles is 1. The van der Waals surface area contributed by atoms with Crippen LogP contribution in [0.15, 0.2) is 47.1 Å². The van der Waals surface area contributed by atoms with Crippen LogP contribution >= 0.6 is 0 Å². The van der Waals surface area contributed by atoms with Crippen LogP contribution in [0.25, 0.3) is 0 Å². The van der Waals surface area contributed by atoms with Gasteiger partial charge in [0.2, 0.25) is 5.88 Å². The molecular formula is C20H23N3O5. The standard InChI is InChI=1S/C20H23N3O5/c1-11-16(19(25)28-20(2,3)4)17(14(9-21)18(23)27-11)12-5-7-13(8-6-12)26-10-15(22)24/h5-8,17H,10,23H2,1-4H3,(H2,22,24). The van der Waals surface area contributed by atoms with Crippen molar-refractivity contribution < 1.29 is 23.8 Å². The third-order valence-corrected chi connectivity index (χ3v) is 3.82. The van der Waals surface area contributed by atoms with Crippen molar-refractivity contribution in [3.05, 3.63) is 52.6 Å². The first kappa shape index (κ1) is 20.8. The largest absolute Gasteiger partial charge is 0.484 e. The van der Waals surface area contributed by atoms with Crippen molar-refractivity contribution in [1.82, 2.24) is 0 Å². The molecule has 28 heavy (non-hydrogen) atoms. The van der Waals surface area contributed by atoms with Gasteiger partial charge in [-0.25, -0.2) is 4.79 Å². The van der Waals surface area contributed by atoms with Gasteiger partial charge in [-0.2, -0.15) is 5.26 Å². The number of hydrogen-bond donors (Lipinski definition) is 2. The van der Waals surface area contributed by atoms with Gasteiger partial charge in [0.15, 0.2) is 6.61 Å². The fraction of sp³-hybridized carbons (Fsp3) is 0.350. The van der Waals surface area contributed by atoms with Gasteiger partial charge >= 0.3 is 5.97 Å². The highest BCUT2D eigenvalue weighted by molar-refractivity contribution is 5.92. The Bertz CT molecular complexity index is 886. The molecule has 0 aliphatic carbocycles. The molecule has 4 N–H and O–H groups in total. The number of ether oxygens (including phenoxy) is 3. The van der Waals surface area contributed by atoms with Crippen LogP contribution in [-0.2, 0) is 19.1 Å². The first-order valence-electron chi connectivity index (χ1n) is 8.56. The predicted octanol–water partition coefficient (Wildman–Crippen LogP) is 1.97. The van der Waals surface area contributed by atoms with E-state index in [1.54, 1.807) is 52.0 Å². The molecule has 0 fully saturated rings. The molecule has 0 spiro atoms. The summed E-state index contributed by atoms with van der Waals surface area (Å²) in [5, 5.41) is 9.59. The van der Waals surface area contributed by atoms with Crippen LogP contribution in [0.1, 0.15) is 39.2 Å². The van der Waals surface area contributed by atoms with Crippen molar-refractivity contribution in [2.45, 2.75) is 39.2 Å². The minimum atomic E-state index is -0.751. The Morgan fingerprint density at radius 2 is 1.86 bits per heavy atom. The van der Waals surface area contributed by atoms with Crippen molar-refractivity contribution in [2.75, 3.05) is 6.61 Å². The zero-order valence-corrected chi connectivity index (χ0v) is 16.2. The van der Waals surface area contributed by atoms with E-state index in [1.807, 2.05) is 6.07 Å². The summed E-state index contributed by atoms with van der Waals surface area (Å²) in [5.74, 6) is -1.31. The molecule has 0 bridgehead atoms. The molecule has 2 rings (SSSR count). The third-order valence-electron chi connectivity index (χ3n) is 3.82. The maximum atomic E-state index is 12.8. The number of amides is 1. The molecule has 1 aromatic rings. The number of benzene rings is 1. The van der Waals surface area contributed by atoms with Gasteiger partial charge in [-0.05, 0) is 45.4 Å². The lowest BCUT2D eigenvalue weighted by Crippen LogP contribution is -2.30. The summed E-state index contributed by atoms with van der Waals surface area (Å²) in [6, 6.07) is 8.59. The second-order valence-corrected chi connectivity index (χ2v) is 7.22. The van der Waals surface area contributed by atoms with Crippen LogP contribution in [0.5, 0.6) is 5.75 Å². The fourth-order valence-electron chi connectivity index (χ4n) is 2.72. The number of hydrogen-bond acceptors (Lipinski definition) is 7. The highest BCUT2D eigenvalue weighted by atomic mass is 16.6. The Balaban J connectivity index is 2.45. The van der Waals surface area contributed by atoms with E-state index < -0.39 is 23.4 Å². The number of nitrogens with two attached hydrogens (primary N) is 2. The summed E-state index contributed by atoms with van der Waals surface area (Å²) in [5.41, 5.74) is 11.2. The predicted molar refractivity (Wildman–Crippen MR) is 100 cm³/mol. The van der Waals surface area contributed by atoms with E-state index in [-0.39, 0.29) is 29.4 Å². The molecule has 0 saturated carbocycles. The van der Waals surface area contributed by atoms with Crippen LogP contribution < -0.4 is 16.2 Å². The van der Waals surface area contributed by atoms with Crippen LogP contribution in [0.3, 0.4) is 0 Å². The lowest BCUT2D eigenvalue weighted by Gasteiger charge is -2.29. The Morgan fingerprint density at radius 1 is 1.25 bits per heavy atom. The molecule has 1 amide bonds. The van der Waals surface area contributed by atoms with E-state index in [0.717, 1.165) is 0 Å². The molecule has 8 nitrogen and oxygen atoms in total. The van der Waals surface area contributed by atoms with Gasteiger partial charge in [-0.3, -0.25) is 4.79 Å². The lowest BCUT2D eigenvalue weighted by atomic mass is 9.83. The van der Waals surface area contributed by atoms with E-state index in [0.29, 0.717) is 11.3 Å². The van der Waals surface area contributed by atoms with Crippen LogP contribution in [-0.4, -0.2) is 24.1 Å². The first-order valence-corrected chi connectivity index (χ1v) is 8.56. The number of carbonyl (C=O) groups is 2. The minimum Gasteiger partial charge on any atom is -0.484 e. The van der Waals surface area contributed by atoms with E-state index in [9.17, 15) is 14.9 Å². The normalized spacial score (nSPS) is 16.9. The van der Waals surface area contributed by atoms with Gasteiger partial charge in [-0.1, -0.05) is 12.1 Å². The maximum Gasteiger partial charge on any atom is 0.338 e. The zero-order valence-electron chi connectivity index (χ0n) is 16.2. The molecule has 148 valence electrons. The highest BCUT2D eigenvalue weighted by Crippen LogP contribution is 2.40. The summed E-state index contributed by atoms with van der Waals surface area (Å²) in [6.45, 7) is 6.59. The topological polar surface area (TPSA) is 138 Å². The molecule has 1 aromatic carbocycles. The van der Waals surface area contributed by atoms with Gasteiger partial charge in [0.05, 0.1) is 11.5 Å². The Hall–Kier alpha value is -3.47. The van der Waals surface area contributed by atoms with Crippen molar-refractivity contribution in [3.63, 3.8) is 0 Å². The summed E-state index contributed by atoms with van der Waals surface area (Å²) in [4.78, 5) is 23.7. The minimum absolute atomic E-state index is 0.0636. The number of carbonyl (C=O) groups excluding carboxylic acids is 2. The molecule has 1 unspecified atom stereocenters. The molecule has 0 aromatic heterocycles. The first-order chi connectivity index (χ1) is 13.0. The Kier molecular flexibility index (Phi) is 5.99. The van der Waals surface area contributed by atoms with Gasteiger partial charge in [0.25, 0.3) is 5.91 Å². The van der Waals surface area contributed by atoms with Crippen LogP contribution in [0, 0.1) is 11.3 Å². The molecule has 1 atom stereocenters. The lowest BCUT2D eigenvalue weighted by molar-refractivity contribution is -0.150. The van der Waals surface area contributed by atoms with E-state index in [2.05, 4.69) is 0 Å². The molecule has 1 aliphatic heterocycles. The van der Waals surface area contributed by atoms with E-state index in [1.165, 1.54) is 0 Å². The summed E-state index contributed by atoms with van der Waals surface area (Å²) in [7, 11) is 0. The Morgan fingerprint density at radius 3 is 2.36 bits per heavy atom. The average Bonchev–Trinajstić information content (AvgIpc) is 2.58. The van der Waals surface area contributed by atoms with Crippen molar-refractivity contribution in [3.8, 4) is 11.8 Å². The number of primary amides is 1. The molecule has 0 saturated heterocycles. The quantitative estimate of drug-likeness (QED) is 0.739. The molecule has 1 aliphatic rings. The van der Waals surface area contributed by atoms with Crippen molar-refractivity contribution in [2.24, 2.45) is 11.5 Å². The Labute approximate surface area is 163 Å². The van der Waals surface area contributed by atoms with E-state index in [4.69, 9.17) is 25.7 Å². The second kappa shape index (κ2) is 8.05. The highest BCUT2D eigenvalue weighted by Gasteiger charge is 2.37.